The molecule has 0 aliphatic heterocycles. The smallest absolute Gasteiger partial charge is 0.411 e. The van der Waals surface area contributed by atoms with Crippen LogP contribution in [0.4, 0.5) is 10.5 Å². The van der Waals surface area contributed by atoms with E-state index in [0.29, 0.717) is 18.8 Å². The summed E-state index contributed by atoms with van der Waals surface area (Å²) in [4.78, 5) is 36.7. The molecule has 0 aliphatic carbocycles. The summed E-state index contributed by atoms with van der Waals surface area (Å²) in [5, 5.41) is 2.50. The van der Waals surface area contributed by atoms with Crippen molar-refractivity contribution in [2.24, 2.45) is 0 Å². The van der Waals surface area contributed by atoms with E-state index >= 15 is 0 Å². The minimum atomic E-state index is -0.627. The van der Waals surface area contributed by atoms with Crippen LogP contribution in [-0.2, 0) is 14.3 Å². The number of anilines is 1. The molecule has 1 N–H and O–H groups in total. The molecule has 0 spiro atoms. The van der Waals surface area contributed by atoms with Crippen LogP contribution in [0.15, 0.2) is 24.3 Å². The number of carbonyl (C=O) groups is 3. The largest absolute Gasteiger partial charge is 0.452 e. The number of nitrogens with one attached hydrogen (secondary N) is 1. The first kappa shape index (κ1) is 18.5. The Labute approximate surface area is 135 Å². The summed E-state index contributed by atoms with van der Waals surface area (Å²) in [5.41, 5.74) is 0.652. The maximum Gasteiger partial charge on any atom is 0.411 e. The topological polar surface area (TPSA) is 84.9 Å². The van der Waals surface area contributed by atoms with Crippen molar-refractivity contribution >= 4 is 23.7 Å². The monoisotopic (exact) mass is 322 g/mol. The van der Waals surface area contributed by atoms with Gasteiger partial charge in [-0.1, -0.05) is 6.07 Å². The van der Waals surface area contributed by atoms with Gasteiger partial charge in [-0.3, -0.25) is 10.1 Å². The van der Waals surface area contributed by atoms with Crippen molar-refractivity contribution in [3.05, 3.63) is 29.8 Å². The van der Waals surface area contributed by atoms with E-state index in [1.165, 1.54) is 6.07 Å². The zero-order valence-electron chi connectivity index (χ0n) is 13.6. The van der Waals surface area contributed by atoms with E-state index in [1.807, 2.05) is 13.8 Å². The number of esters is 1. The molecule has 7 heteroatoms. The standard InChI is InChI=1S/C16H22N2O5/c1-4-18(5-2)14(19)11-23-15(20)12-8-7-9-13(10-12)17-16(21)22-6-3/h7-10H,4-6,11H2,1-3H3,(H,17,21). The van der Waals surface area contributed by atoms with E-state index in [1.54, 1.807) is 30.0 Å². The van der Waals surface area contributed by atoms with Gasteiger partial charge in [0, 0.05) is 18.8 Å². The van der Waals surface area contributed by atoms with Crippen molar-refractivity contribution in [3.8, 4) is 0 Å². The lowest BCUT2D eigenvalue weighted by Crippen LogP contribution is -2.34. The van der Waals surface area contributed by atoms with E-state index in [0.717, 1.165) is 0 Å². The molecule has 126 valence electrons. The fourth-order valence-corrected chi connectivity index (χ4v) is 1.89. The van der Waals surface area contributed by atoms with Gasteiger partial charge in [0.05, 0.1) is 12.2 Å². The minimum Gasteiger partial charge on any atom is -0.452 e. The zero-order valence-corrected chi connectivity index (χ0v) is 13.6. The fraction of sp³-hybridized carbons (Fsp3) is 0.438. The van der Waals surface area contributed by atoms with Crippen molar-refractivity contribution in [1.29, 1.82) is 0 Å². The third-order valence-electron chi connectivity index (χ3n) is 3.06. The Morgan fingerprint density at radius 3 is 2.39 bits per heavy atom. The summed E-state index contributed by atoms with van der Waals surface area (Å²) in [7, 11) is 0. The predicted octanol–water partition coefficient (Wildman–Crippen LogP) is 2.28. The average molecular weight is 322 g/mol. The first-order valence-corrected chi connectivity index (χ1v) is 7.50. The molecule has 2 amide bonds. The molecule has 7 nitrogen and oxygen atoms in total. The van der Waals surface area contributed by atoms with Gasteiger partial charge >= 0.3 is 12.1 Å². The highest BCUT2D eigenvalue weighted by atomic mass is 16.5. The van der Waals surface area contributed by atoms with Gasteiger partial charge in [0.15, 0.2) is 6.61 Å². The third kappa shape index (κ3) is 5.98. The molecule has 1 aromatic rings. The van der Waals surface area contributed by atoms with E-state index in [2.05, 4.69) is 5.32 Å². The number of rotatable bonds is 7. The summed E-state index contributed by atoms with van der Waals surface area (Å²) < 4.78 is 9.77. The number of hydrogen-bond donors (Lipinski definition) is 1. The average Bonchev–Trinajstić information content (AvgIpc) is 2.54. The first-order valence-electron chi connectivity index (χ1n) is 7.50. The van der Waals surface area contributed by atoms with Crippen LogP contribution in [0.3, 0.4) is 0 Å². The molecule has 0 aliphatic rings. The molecular formula is C16H22N2O5. The van der Waals surface area contributed by atoms with Gasteiger partial charge in [0.1, 0.15) is 0 Å². The van der Waals surface area contributed by atoms with Gasteiger partial charge in [-0.25, -0.2) is 9.59 Å². The second-order valence-electron chi connectivity index (χ2n) is 4.57. The molecule has 0 bridgehead atoms. The number of benzene rings is 1. The second-order valence-corrected chi connectivity index (χ2v) is 4.57. The number of amides is 2. The van der Waals surface area contributed by atoms with E-state index in [9.17, 15) is 14.4 Å². The summed E-state index contributed by atoms with van der Waals surface area (Å²) in [5.74, 6) is -0.873. The van der Waals surface area contributed by atoms with Crippen molar-refractivity contribution in [2.45, 2.75) is 20.8 Å². The second kappa shape index (κ2) is 9.45. The molecule has 0 heterocycles. The zero-order chi connectivity index (χ0) is 17.2. The lowest BCUT2D eigenvalue weighted by Gasteiger charge is -2.18. The van der Waals surface area contributed by atoms with Crippen LogP contribution in [0.2, 0.25) is 0 Å². The Hall–Kier alpha value is -2.57. The van der Waals surface area contributed by atoms with Gasteiger partial charge in [-0.2, -0.15) is 0 Å². The van der Waals surface area contributed by atoms with E-state index in [4.69, 9.17) is 9.47 Å². The number of carbonyl (C=O) groups excluding carboxylic acids is 3. The quantitative estimate of drug-likeness (QED) is 0.778. The molecule has 0 saturated heterocycles. The Morgan fingerprint density at radius 1 is 1.09 bits per heavy atom. The Balaban J connectivity index is 2.63. The summed E-state index contributed by atoms with van der Waals surface area (Å²) in [6.07, 6.45) is -0.602. The van der Waals surface area contributed by atoms with Crippen LogP contribution < -0.4 is 5.32 Å². The van der Waals surface area contributed by atoms with Gasteiger partial charge in [0.2, 0.25) is 0 Å². The van der Waals surface area contributed by atoms with Crippen LogP contribution in [0.5, 0.6) is 0 Å². The van der Waals surface area contributed by atoms with Crippen LogP contribution in [0.25, 0.3) is 0 Å². The Kier molecular flexibility index (Phi) is 7.59. The number of hydrogen-bond acceptors (Lipinski definition) is 5. The number of ether oxygens (including phenoxy) is 2. The van der Waals surface area contributed by atoms with Crippen molar-refractivity contribution < 1.29 is 23.9 Å². The summed E-state index contributed by atoms with van der Waals surface area (Å²) in [6.45, 7) is 6.47. The predicted molar refractivity (Wildman–Crippen MR) is 85.3 cm³/mol. The molecule has 0 unspecified atom stereocenters. The lowest BCUT2D eigenvalue weighted by atomic mass is 10.2. The van der Waals surface area contributed by atoms with Gasteiger partial charge in [0.25, 0.3) is 5.91 Å². The maximum atomic E-state index is 12.0. The lowest BCUT2D eigenvalue weighted by molar-refractivity contribution is -0.134. The van der Waals surface area contributed by atoms with Crippen molar-refractivity contribution in [2.75, 3.05) is 31.6 Å². The molecule has 0 aromatic heterocycles. The van der Waals surface area contributed by atoms with Crippen LogP contribution in [0.1, 0.15) is 31.1 Å². The van der Waals surface area contributed by atoms with Gasteiger partial charge < -0.3 is 14.4 Å². The third-order valence-corrected chi connectivity index (χ3v) is 3.06. The summed E-state index contributed by atoms with van der Waals surface area (Å²) >= 11 is 0. The Bertz CT molecular complexity index is 555. The van der Waals surface area contributed by atoms with Gasteiger partial charge in [-0.15, -0.1) is 0 Å². The van der Waals surface area contributed by atoms with E-state index < -0.39 is 12.1 Å². The molecule has 0 radical (unpaired) electrons. The number of nitrogens with zero attached hydrogens (tertiary/aromatic N) is 1. The number of likely N-dealkylation sites (N-methyl/N-ethyl adjacent to an activating group) is 1. The minimum absolute atomic E-state index is 0.242. The highest BCUT2D eigenvalue weighted by molar-refractivity contribution is 5.93. The molecule has 0 atom stereocenters. The highest BCUT2D eigenvalue weighted by Crippen LogP contribution is 2.12. The summed E-state index contributed by atoms with van der Waals surface area (Å²) in [6, 6.07) is 6.22. The molecule has 1 aromatic carbocycles. The molecule has 23 heavy (non-hydrogen) atoms. The molecule has 0 fully saturated rings. The first-order chi connectivity index (χ1) is 11.0. The van der Waals surface area contributed by atoms with Crippen molar-refractivity contribution in [1.82, 2.24) is 4.90 Å². The normalized spacial score (nSPS) is 9.87. The van der Waals surface area contributed by atoms with E-state index in [-0.39, 0.29) is 24.7 Å². The van der Waals surface area contributed by atoms with Crippen LogP contribution >= 0.6 is 0 Å². The molecule has 1 rings (SSSR count). The van der Waals surface area contributed by atoms with Crippen LogP contribution in [0, 0.1) is 0 Å². The highest BCUT2D eigenvalue weighted by Gasteiger charge is 2.14. The SMILES string of the molecule is CCOC(=O)Nc1cccc(C(=O)OCC(=O)N(CC)CC)c1. The molecular weight excluding hydrogens is 300 g/mol. The Morgan fingerprint density at radius 2 is 1.78 bits per heavy atom. The fourth-order valence-electron chi connectivity index (χ4n) is 1.89. The van der Waals surface area contributed by atoms with Gasteiger partial charge in [-0.05, 0) is 39.0 Å². The van der Waals surface area contributed by atoms with Crippen LogP contribution in [-0.4, -0.2) is 49.2 Å². The maximum absolute atomic E-state index is 12.0. The van der Waals surface area contributed by atoms with Crippen molar-refractivity contribution in [3.63, 3.8) is 0 Å². The molecule has 0 saturated carbocycles.